The molecule has 1 heterocycles. The van der Waals surface area contributed by atoms with Gasteiger partial charge < -0.3 is 5.32 Å². The summed E-state index contributed by atoms with van der Waals surface area (Å²) in [6, 6.07) is 11.1. The van der Waals surface area contributed by atoms with Crippen LogP contribution in [0.2, 0.25) is 0 Å². The summed E-state index contributed by atoms with van der Waals surface area (Å²) in [5.74, 6) is 0.934. The van der Waals surface area contributed by atoms with E-state index in [2.05, 4.69) is 55.5 Å². The van der Waals surface area contributed by atoms with Crippen LogP contribution in [0.5, 0.6) is 0 Å². The second-order valence-corrected chi connectivity index (χ2v) is 4.80. The second-order valence-electron chi connectivity index (χ2n) is 4.80. The van der Waals surface area contributed by atoms with Crippen molar-refractivity contribution in [3.05, 3.63) is 47.7 Å². The van der Waals surface area contributed by atoms with Crippen molar-refractivity contribution in [2.45, 2.75) is 39.8 Å². The van der Waals surface area contributed by atoms with Crippen molar-refractivity contribution >= 4 is 5.82 Å². The normalized spacial score (nSPS) is 10.9. The lowest BCUT2D eigenvalue weighted by molar-refractivity contribution is 0.534. The molecule has 1 aromatic heterocycles. The Labute approximate surface area is 109 Å². The van der Waals surface area contributed by atoms with Crippen LogP contribution < -0.4 is 5.32 Å². The highest BCUT2D eigenvalue weighted by molar-refractivity contribution is 5.34. The summed E-state index contributed by atoms with van der Waals surface area (Å²) in [6.45, 7) is 7.24. The van der Waals surface area contributed by atoms with Gasteiger partial charge in [0.2, 0.25) is 0 Å². The molecule has 0 unspecified atom stereocenters. The number of aryl methyl sites for hydroxylation is 1. The third-order valence-corrected chi connectivity index (χ3v) is 3.04. The fraction of sp³-hybridized carbons (Fsp3) is 0.400. The molecule has 0 aliphatic carbocycles. The highest BCUT2D eigenvalue weighted by atomic mass is 15.3. The van der Waals surface area contributed by atoms with E-state index in [9.17, 15) is 0 Å². The molecule has 0 fully saturated rings. The lowest BCUT2D eigenvalue weighted by Gasteiger charge is -2.06. The zero-order valence-electron chi connectivity index (χ0n) is 11.4. The molecule has 0 spiro atoms. The minimum Gasteiger partial charge on any atom is -0.365 e. The van der Waals surface area contributed by atoms with E-state index in [0.717, 1.165) is 18.8 Å². The minimum atomic E-state index is 0.407. The first kappa shape index (κ1) is 12.7. The van der Waals surface area contributed by atoms with Gasteiger partial charge in [-0.05, 0) is 31.4 Å². The van der Waals surface area contributed by atoms with E-state index in [1.54, 1.807) is 0 Å². The molecular formula is C15H21N3. The summed E-state index contributed by atoms with van der Waals surface area (Å²) in [7, 11) is 0. The molecule has 0 aliphatic rings. The Morgan fingerprint density at radius 3 is 2.33 bits per heavy atom. The van der Waals surface area contributed by atoms with Crippen LogP contribution in [0, 0.1) is 0 Å². The van der Waals surface area contributed by atoms with Crippen LogP contribution in [0.25, 0.3) is 0 Å². The van der Waals surface area contributed by atoms with Crippen LogP contribution in [0.15, 0.2) is 36.5 Å². The van der Waals surface area contributed by atoms with Gasteiger partial charge in [-0.3, -0.25) is 4.68 Å². The Morgan fingerprint density at radius 2 is 1.78 bits per heavy atom. The molecule has 1 aromatic carbocycles. The van der Waals surface area contributed by atoms with Gasteiger partial charge in [0.15, 0.2) is 0 Å². The number of rotatable bonds is 5. The van der Waals surface area contributed by atoms with Gasteiger partial charge in [-0.15, -0.1) is 0 Å². The van der Waals surface area contributed by atoms with Crippen LogP contribution in [-0.2, 0) is 13.0 Å². The van der Waals surface area contributed by atoms with Crippen molar-refractivity contribution in [3.63, 3.8) is 0 Å². The molecule has 2 rings (SSSR count). The fourth-order valence-electron chi connectivity index (χ4n) is 1.81. The molecule has 0 amide bonds. The van der Waals surface area contributed by atoms with Crippen LogP contribution in [0.1, 0.15) is 37.9 Å². The van der Waals surface area contributed by atoms with Gasteiger partial charge in [0, 0.05) is 24.8 Å². The average Bonchev–Trinajstić information content (AvgIpc) is 2.86. The molecular weight excluding hydrogens is 222 g/mol. The number of anilines is 1. The summed E-state index contributed by atoms with van der Waals surface area (Å²) < 4.78 is 1.96. The molecule has 1 N–H and O–H groups in total. The number of nitrogens with one attached hydrogen (secondary N) is 1. The average molecular weight is 243 g/mol. The summed E-state index contributed by atoms with van der Waals surface area (Å²) in [4.78, 5) is 0. The molecule has 96 valence electrons. The van der Waals surface area contributed by atoms with Gasteiger partial charge in [-0.2, -0.15) is 5.10 Å². The lowest BCUT2D eigenvalue weighted by Crippen LogP contribution is -2.04. The van der Waals surface area contributed by atoms with Crippen LogP contribution in [0.3, 0.4) is 0 Å². The molecule has 0 radical (unpaired) electrons. The van der Waals surface area contributed by atoms with E-state index >= 15 is 0 Å². The molecule has 0 saturated carbocycles. The molecule has 3 heteroatoms. The third-order valence-electron chi connectivity index (χ3n) is 3.04. The van der Waals surface area contributed by atoms with E-state index in [-0.39, 0.29) is 0 Å². The topological polar surface area (TPSA) is 29.9 Å². The van der Waals surface area contributed by atoms with E-state index in [0.29, 0.717) is 6.04 Å². The van der Waals surface area contributed by atoms with Crippen molar-refractivity contribution in [1.29, 1.82) is 0 Å². The van der Waals surface area contributed by atoms with Crippen LogP contribution in [-0.4, -0.2) is 9.78 Å². The number of hydrogen-bond donors (Lipinski definition) is 1. The van der Waals surface area contributed by atoms with Crippen molar-refractivity contribution in [1.82, 2.24) is 9.78 Å². The first-order chi connectivity index (χ1) is 8.69. The first-order valence-corrected chi connectivity index (χ1v) is 6.56. The maximum Gasteiger partial charge on any atom is 0.148 e. The molecule has 18 heavy (non-hydrogen) atoms. The third kappa shape index (κ3) is 3.13. The van der Waals surface area contributed by atoms with Gasteiger partial charge in [-0.1, -0.05) is 31.2 Å². The van der Waals surface area contributed by atoms with Crippen molar-refractivity contribution in [2.75, 3.05) is 5.32 Å². The maximum absolute atomic E-state index is 4.46. The summed E-state index contributed by atoms with van der Waals surface area (Å²) >= 11 is 0. The highest BCUT2D eigenvalue weighted by Crippen LogP contribution is 2.10. The Morgan fingerprint density at radius 1 is 1.11 bits per heavy atom. The van der Waals surface area contributed by atoms with Crippen molar-refractivity contribution in [3.8, 4) is 0 Å². The monoisotopic (exact) mass is 243 g/mol. The number of nitrogens with zero attached hydrogens (tertiary/aromatic N) is 2. The summed E-state index contributed by atoms with van der Waals surface area (Å²) in [5.41, 5.74) is 2.66. The Kier molecular flexibility index (Phi) is 4.03. The maximum atomic E-state index is 4.46. The standard InChI is InChI=1S/C15H21N3/c1-4-13-5-7-14(8-6-13)11-16-15-9-10-18(17-15)12(2)3/h5-10,12H,4,11H2,1-3H3,(H,16,17). The highest BCUT2D eigenvalue weighted by Gasteiger charge is 2.01. The number of benzene rings is 1. The molecule has 0 saturated heterocycles. The molecule has 2 aromatic rings. The smallest absolute Gasteiger partial charge is 0.148 e. The van der Waals surface area contributed by atoms with Crippen LogP contribution >= 0.6 is 0 Å². The molecule has 0 atom stereocenters. The SMILES string of the molecule is CCc1ccc(CNc2ccn(C(C)C)n2)cc1. The van der Waals surface area contributed by atoms with Crippen molar-refractivity contribution < 1.29 is 0 Å². The number of aromatic nitrogens is 2. The van der Waals surface area contributed by atoms with Gasteiger partial charge in [0.25, 0.3) is 0 Å². The van der Waals surface area contributed by atoms with E-state index in [1.165, 1.54) is 11.1 Å². The second kappa shape index (κ2) is 5.71. The van der Waals surface area contributed by atoms with Gasteiger partial charge in [0.05, 0.1) is 0 Å². The molecule has 0 aliphatic heterocycles. The van der Waals surface area contributed by atoms with Gasteiger partial charge in [-0.25, -0.2) is 0 Å². The quantitative estimate of drug-likeness (QED) is 0.869. The molecule has 0 bridgehead atoms. The predicted molar refractivity (Wildman–Crippen MR) is 75.8 cm³/mol. The lowest BCUT2D eigenvalue weighted by atomic mass is 10.1. The Bertz CT molecular complexity index is 483. The van der Waals surface area contributed by atoms with E-state index < -0.39 is 0 Å². The summed E-state index contributed by atoms with van der Waals surface area (Å²) in [5, 5.41) is 7.81. The zero-order chi connectivity index (χ0) is 13.0. The van der Waals surface area contributed by atoms with Gasteiger partial charge in [0.1, 0.15) is 5.82 Å². The minimum absolute atomic E-state index is 0.407. The Hall–Kier alpha value is -1.77. The van der Waals surface area contributed by atoms with Gasteiger partial charge >= 0.3 is 0 Å². The van der Waals surface area contributed by atoms with E-state index in [1.807, 2.05) is 16.9 Å². The fourth-order valence-corrected chi connectivity index (χ4v) is 1.81. The summed E-state index contributed by atoms with van der Waals surface area (Å²) in [6.07, 6.45) is 3.10. The number of hydrogen-bond acceptors (Lipinski definition) is 2. The molecule has 3 nitrogen and oxygen atoms in total. The Balaban J connectivity index is 1.93. The predicted octanol–water partition coefficient (Wildman–Crippen LogP) is 3.64. The van der Waals surface area contributed by atoms with Crippen LogP contribution in [0.4, 0.5) is 5.82 Å². The van der Waals surface area contributed by atoms with Crippen molar-refractivity contribution in [2.24, 2.45) is 0 Å². The zero-order valence-corrected chi connectivity index (χ0v) is 11.4. The first-order valence-electron chi connectivity index (χ1n) is 6.56. The van der Waals surface area contributed by atoms with E-state index in [4.69, 9.17) is 0 Å². The largest absolute Gasteiger partial charge is 0.365 e.